The number of pyridine rings is 1. The minimum atomic E-state index is -3.08. The van der Waals surface area contributed by atoms with Crippen LogP contribution in [0, 0.1) is 5.92 Å². The first-order valence-corrected chi connectivity index (χ1v) is 9.17. The predicted molar refractivity (Wildman–Crippen MR) is 84.7 cm³/mol. The third-order valence-electron chi connectivity index (χ3n) is 4.18. The van der Waals surface area contributed by atoms with Crippen molar-refractivity contribution >= 4 is 10.0 Å². The Kier molecular flexibility index (Phi) is 4.01. The number of aromatic nitrogens is 3. The molecule has 0 amide bonds. The van der Waals surface area contributed by atoms with E-state index in [4.69, 9.17) is 0 Å². The predicted octanol–water partition coefficient (Wildman–Crippen LogP) is 1.31. The van der Waals surface area contributed by atoms with Gasteiger partial charge >= 0.3 is 0 Å². The summed E-state index contributed by atoms with van der Waals surface area (Å²) in [5.41, 5.74) is 3.06. The lowest BCUT2D eigenvalue weighted by molar-refractivity contribution is 0.460. The number of aryl methyl sites for hydroxylation is 1. The number of nitrogens with zero attached hydrogens (tertiary/aromatic N) is 4. The average Bonchev–Trinajstić information content (AvgIpc) is 3.08. The molecule has 2 aromatic rings. The fraction of sp³-hybridized carbons (Fsp3) is 0.467. The van der Waals surface area contributed by atoms with Crippen molar-refractivity contribution in [2.24, 2.45) is 13.0 Å². The van der Waals surface area contributed by atoms with E-state index < -0.39 is 10.0 Å². The number of hydrogen-bond donors (Lipinski definition) is 0. The molecule has 0 aromatic carbocycles. The average molecular weight is 320 g/mol. The van der Waals surface area contributed by atoms with Gasteiger partial charge in [0.15, 0.2) is 0 Å². The van der Waals surface area contributed by atoms with Crippen LogP contribution in [0.25, 0.3) is 11.4 Å². The molecule has 1 aliphatic heterocycles. The molecular formula is C15H20N4O2S. The monoisotopic (exact) mass is 320 g/mol. The molecule has 1 saturated heterocycles. The molecule has 22 heavy (non-hydrogen) atoms. The molecule has 0 N–H and O–H groups in total. The Morgan fingerprint density at radius 2 is 2.14 bits per heavy atom. The van der Waals surface area contributed by atoms with Gasteiger partial charge in [-0.1, -0.05) is 6.07 Å². The van der Waals surface area contributed by atoms with Crippen LogP contribution in [0.5, 0.6) is 0 Å². The summed E-state index contributed by atoms with van der Waals surface area (Å²) in [6, 6.07) is 5.94. The van der Waals surface area contributed by atoms with Crippen LogP contribution in [0.1, 0.15) is 12.0 Å². The lowest BCUT2D eigenvalue weighted by Crippen LogP contribution is -2.27. The van der Waals surface area contributed by atoms with Crippen molar-refractivity contribution in [3.63, 3.8) is 0 Å². The lowest BCUT2D eigenvalue weighted by atomic mass is 9.96. The first kappa shape index (κ1) is 15.2. The van der Waals surface area contributed by atoms with Crippen molar-refractivity contribution < 1.29 is 8.42 Å². The fourth-order valence-electron chi connectivity index (χ4n) is 3.02. The normalized spacial score (nSPS) is 19.6. The first-order valence-electron chi connectivity index (χ1n) is 7.32. The van der Waals surface area contributed by atoms with Crippen LogP contribution in [-0.2, 0) is 23.5 Å². The van der Waals surface area contributed by atoms with Gasteiger partial charge in [-0.2, -0.15) is 5.10 Å². The molecule has 3 rings (SSSR count). The Hall–Kier alpha value is -1.73. The Bertz CT molecular complexity index is 769. The third-order valence-corrected chi connectivity index (χ3v) is 5.45. The van der Waals surface area contributed by atoms with E-state index >= 15 is 0 Å². The van der Waals surface area contributed by atoms with Gasteiger partial charge in [-0.3, -0.25) is 9.67 Å². The van der Waals surface area contributed by atoms with E-state index in [0.29, 0.717) is 19.0 Å². The summed E-state index contributed by atoms with van der Waals surface area (Å²) >= 11 is 0. The van der Waals surface area contributed by atoms with E-state index in [1.54, 1.807) is 16.7 Å². The van der Waals surface area contributed by atoms with Gasteiger partial charge in [0.05, 0.1) is 17.6 Å². The molecule has 1 fully saturated rings. The second-order valence-corrected chi connectivity index (χ2v) is 7.81. The second-order valence-electron chi connectivity index (χ2n) is 5.83. The van der Waals surface area contributed by atoms with E-state index in [1.165, 1.54) is 6.26 Å². The van der Waals surface area contributed by atoms with Crippen LogP contribution in [-0.4, -0.2) is 46.8 Å². The summed E-state index contributed by atoms with van der Waals surface area (Å²) in [5.74, 6) is 0.339. The molecule has 0 bridgehead atoms. The molecule has 6 nitrogen and oxygen atoms in total. The highest BCUT2D eigenvalue weighted by Gasteiger charge is 2.29. The highest BCUT2D eigenvalue weighted by atomic mass is 32.2. The molecule has 1 atom stereocenters. The van der Waals surface area contributed by atoms with Crippen molar-refractivity contribution in [1.82, 2.24) is 19.1 Å². The van der Waals surface area contributed by atoms with E-state index in [0.717, 1.165) is 29.8 Å². The molecule has 7 heteroatoms. The Morgan fingerprint density at radius 1 is 1.32 bits per heavy atom. The van der Waals surface area contributed by atoms with Crippen LogP contribution in [0.2, 0.25) is 0 Å². The Labute approximate surface area is 130 Å². The molecule has 2 aromatic heterocycles. The largest absolute Gasteiger partial charge is 0.266 e. The smallest absolute Gasteiger partial charge is 0.211 e. The van der Waals surface area contributed by atoms with Crippen molar-refractivity contribution in [2.75, 3.05) is 19.3 Å². The van der Waals surface area contributed by atoms with E-state index in [-0.39, 0.29) is 0 Å². The number of rotatable bonds is 4. The lowest BCUT2D eigenvalue weighted by Gasteiger charge is -2.15. The zero-order valence-electron chi connectivity index (χ0n) is 12.8. The third kappa shape index (κ3) is 3.05. The SMILES string of the molecule is Cn1nccc1-c1ncccc1CC1CCN(S(C)(=O)=O)C1. The van der Waals surface area contributed by atoms with E-state index in [2.05, 4.69) is 16.1 Å². The maximum atomic E-state index is 11.6. The van der Waals surface area contributed by atoms with Crippen molar-refractivity contribution in [3.05, 3.63) is 36.2 Å². The van der Waals surface area contributed by atoms with Gasteiger partial charge in [-0.25, -0.2) is 12.7 Å². The standard InChI is InChI=1S/C15H20N4O2S/c1-18-14(5-8-17-18)15-13(4-3-7-16-15)10-12-6-9-19(11-12)22(2,20)21/h3-5,7-8,12H,6,9-11H2,1-2H3. The zero-order valence-corrected chi connectivity index (χ0v) is 13.6. The van der Waals surface area contributed by atoms with Gasteiger partial charge in [-0.15, -0.1) is 0 Å². The summed E-state index contributed by atoms with van der Waals surface area (Å²) in [6.45, 7) is 1.21. The summed E-state index contributed by atoms with van der Waals surface area (Å²) in [6.07, 6.45) is 6.55. The summed E-state index contributed by atoms with van der Waals surface area (Å²) in [7, 11) is -1.19. The minimum absolute atomic E-state index is 0.339. The molecule has 0 saturated carbocycles. The molecule has 0 spiro atoms. The van der Waals surface area contributed by atoms with Gasteiger partial charge in [0, 0.05) is 32.5 Å². The second kappa shape index (κ2) is 5.81. The molecule has 0 aliphatic carbocycles. The molecule has 0 radical (unpaired) electrons. The molecule has 1 unspecified atom stereocenters. The van der Waals surface area contributed by atoms with Gasteiger partial charge in [0.1, 0.15) is 0 Å². The van der Waals surface area contributed by atoms with E-state index in [9.17, 15) is 8.42 Å². The van der Waals surface area contributed by atoms with Crippen LogP contribution >= 0.6 is 0 Å². The van der Waals surface area contributed by atoms with Crippen LogP contribution < -0.4 is 0 Å². The summed E-state index contributed by atoms with van der Waals surface area (Å²) < 4.78 is 26.6. The van der Waals surface area contributed by atoms with Crippen LogP contribution in [0.3, 0.4) is 0 Å². The van der Waals surface area contributed by atoms with E-state index in [1.807, 2.05) is 23.9 Å². The highest BCUT2D eigenvalue weighted by molar-refractivity contribution is 7.88. The fourth-order valence-corrected chi connectivity index (χ4v) is 3.93. The molecule has 1 aliphatic rings. The summed E-state index contributed by atoms with van der Waals surface area (Å²) in [5, 5.41) is 4.20. The molecule has 3 heterocycles. The van der Waals surface area contributed by atoms with Crippen molar-refractivity contribution in [3.8, 4) is 11.4 Å². The first-order chi connectivity index (χ1) is 10.4. The minimum Gasteiger partial charge on any atom is -0.266 e. The zero-order chi connectivity index (χ0) is 15.7. The van der Waals surface area contributed by atoms with Gasteiger partial charge < -0.3 is 0 Å². The molecular weight excluding hydrogens is 300 g/mol. The molecule has 118 valence electrons. The van der Waals surface area contributed by atoms with Crippen LogP contribution in [0.4, 0.5) is 0 Å². The van der Waals surface area contributed by atoms with Crippen molar-refractivity contribution in [2.45, 2.75) is 12.8 Å². The van der Waals surface area contributed by atoms with Crippen molar-refractivity contribution in [1.29, 1.82) is 0 Å². The number of sulfonamides is 1. The Balaban J connectivity index is 1.81. The maximum absolute atomic E-state index is 11.6. The quantitative estimate of drug-likeness (QED) is 0.852. The highest BCUT2D eigenvalue weighted by Crippen LogP contribution is 2.27. The summed E-state index contributed by atoms with van der Waals surface area (Å²) in [4.78, 5) is 4.50. The Morgan fingerprint density at radius 3 is 2.77 bits per heavy atom. The number of hydrogen-bond acceptors (Lipinski definition) is 4. The van der Waals surface area contributed by atoms with Gasteiger partial charge in [0.25, 0.3) is 0 Å². The van der Waals surface area contributed by atoms with Gasteiger partial charge in [-0.05, 0) is 36.5 Å². The topological polar surface area (TPSA) is 68.1 Å². The van der Waals surface area contributed by atoms with Crippen LogP contribution in [0.15, 0.2) is 30.6 Å². The van der Waals surface area contributed by atoms with Gasteiger partial charge in [0.2, 0.25) is 10.0 Å². The maximum Gasteiger partial charge on any atom is 0.211 e.